The first-order valence-corrected chi connectivity index (χ1v) is 14.8. The van der Waals surface area contributed by atoms with Gasteiger partial charge in [0.1, 0.15) is 0 Å². The Morgan fingerprint density at radius 1 is 0.455 bits per heavy atom. The summed E-state index contributed by atoms with van der Waals surface area (Å²) in [5.41, 5.74) is 4.46. The quantitative estimate of drug-likeness (QED) is 0.0655. The van der Waals surface area contributed by atoms with Crippen LogP contribution in [0, 0.1) is 27.7 Å². The monoisotopic (exact) mass is 618 g/mol. The topological polar surface area (TPSA) is 142 Å². The number of unbranched alkanes of at least 4 members (excludes halogenated alkanes) is 9. The fourth-order valence-corrected chi connectivity index (χ4v) is 3.96. The first kappa shape index (κ1) is 36.0. The minimum atomic E-state index is -1.08. The van der Waals surface area contributed by atoms with E-state index >= 15 is 0 Å². The van der Waals surface area contributed by atoms with Crippen LogP contribution in [-0.2, 0) is 39.1 Å². The van der Waals surface area contributed by atoms with Crippen LogP contribution in [0.3, 0.4) is 0 Å². The van der Waals surface area contributed by atoms with E-state index in [2.05, 4.69) is 29.6 Å². The molecule has 0 bridgehead atoms. The molecule has 0 fully saturated rings. The summed E-state index contributed by atoms with van der Waals surface area (Å²) < 4.78 is 9.76. The van der Waals surface area contributed by atoms with Gasteiger partial charge in [-0.1, -0.05) is 63.5 Å². The molecule has 12 nitrogen and oxygen atoms in total. The average Bonchev–Trinajstić information content (AvgIpc) is 2.99. The van der Waals surface area contributed by atoms with Crippen molar-refractivity contribution in [3.8, 4) is 0 Å². The second kappa shape index (κ2) is 20.7. The predicted molar refractivity (Wildman–Crippen MR) is 156 cm³/mol. The molecule has 242 valence electrons. The number of hydrogen-bond donors (Lipinski definition) is 0. The first-order chi connectivity index (χ1) is 21.2. The molecule has 44 heavy (non-hydrogen) atoms. The highest BCUT2D eigenvalue weighted by atomic mass is 17.5. The summed E-state index contributed by atoms with van der Waals surface area (Å²) in [6, 6.07) is 10.0. The molecular weight excluding hydrogens is 576 g/mol. The van der Waals surface area contributed by atoms with E-state index < -0.39 is 24.2 Å². The maximum Gasteiger partial charge on any atom is 0.543 e. The van der Waals surface area contributed by atoms with Crippen LogP contribution in [0.25, 0.3) is 0 Å². The summed E-state index contributed by atoms with van der Waals surface area (Å²) in [4.78, 5) is 64.3. The standard InChI is InChI=1S/C32H42O12/c1-23-15-17-27(21-25(23)3)29(33)39-43-41-31(35)37-19-13-11-9-7-5-6-8-10-12-14-20-38-32(36)42-44-40-30(34)28-18-16-24(2)26(4)22-28/h15-18,21-22H,5-14,19-20H2,1-4H3. The van der Waals surface area contributed by atoms with Crippen molar-refractivity contribution in [2.45, 2.75) is 91.9 Å². The van der Waals surface area contributed by atoms with Crippen LogP contribution in [-0.4, -0.2) is 37.5 Å². The van der Waals surface area contributed by atoms with E-state index in [1.54, 1.807) is 36.4 Å². The highest BCUT2D eigenvalue weighted by Gasteiger charge is 2.14. The third-order valence-electron chi connectivity index (χ3n) is 6.89. The third-order valence-corrected chi connectivity index (χ3v) is 6.89. The lowest BCUT2D eigenvalue weighted by molar-refractivity contribution is -0.452. The molecule has 0 aliphatic carbocycles. The zero-order valence-electron chi connectivity index (χ0n) is 25.8. The first-order valence-electron chi connectivity index (χ1n) is 14.8. The lowest BCUT2D eigenvalue weighted by Gasteiger charge is -2.06. The molecule has 0 amide bonds. The molecule has 0 saturated heterocycles. The summed E-state index contributed by atoms with van der Waals surface area (Å²) in [6.45, 7) is 7.91. The van der Waals surface area contributed by atoms with E-state index in [1.165, 1.54) is 0 Å². The van der Waals surface area contributed by atoms with Crippen LogP contribution in [0.1, 0.15) is 107 Å². The fraction of sp³-hybridized carbons (Fsp3) is 0.500. The fourth-order valence-electron chi connectivity index (χ4n) is 3.96. The molecule has 0 atom stereocenters. The van der Waals surface area contributed by atoms with Crippen molar-refractivity contribution in [2.24, 2.45) is 0 Å². The Morgan fingerprint density at radius 2 is 0.795 bits per heavy atom. The van der Waals surface area contributed by atoms with E-state index in [0.29, 0.717) is 12.8 Å². The Balaban J connectivity index is 1.33. The Hall–Kier alpha value is -4.16. The second-order valence-electron chi connectivity index (χ2n) is 10.4. The van der Waals surface area contributed by atoms with Crippen LogP contribution >= 0.6 is 0 Å². The lowest BCUT2D eigenvalue weighted by atomic mass is 10.1. The molecule has 0 heterocycles. The maximum atomic E-state index is 11.9. The Morgan fingerprint density at radius 3 is 1.14 bits per heavy atom. The summed E-state index contributed by atoms with van der Waals surface area (Å²) in [7, 11) is 0. The lowest BCUT2D eigenvalue weighted by Crippen LogP contribution is -2.13. The Kier molecular flexibility index (Phi) is 16.9. The number of carbonyl (C=O) groups excluding carboxylic acids is 4. The summed E-state index contributed by atoms with van der Waals surface area (Å²) in [5.74, 6) is -1.57. The van der Waals surface area contributed by atoms with Crippen LogP contribution in [0.2, 0.25) is 0 Å². The molecule has 0 radical (unpaired) electrons. The number of aryl methyl sites for hydroxylation is 4. The molecule has 0 aliphatic heterocycles. The Labute approximate surface area is 257 Å². The number of rotatable bonds is 19. The van der Waals surface area contributed by atoms with Gasteiger partial charge in [-0.3, -0.25) is 9.78 Å². The van der Waals surface area contributed by atoms with E-state index in [4.69, 9.17) is 9.47 Å². The van der Waals surface area contributed by atoms with E-state index in [0.717, 1.165) is 73.6 Å². The smallest absolute Gasteiger partial charge is 0.432 e. The van der Waals surface area contributed by atoms with Crippen molar-refractivity contribution in [1.82, 2.24) is 0 Å². The second-order valence-corrected chi connectivity index (χ2v) is 10.4. The van der Waals surface area contributed by atoms with E-state index in [1.807, 2.05) is 27.7 Å². The molecule has 2 aromatic rings. The van der Waals surface area contributed by atoms with Crippen molar-refractivity contribution >= 4 is 24.2 Å². The number of hydrogen-bond acceptors (Lipinski definition) is 12. The zero-order chi connectivity index (χ0) is 32.2. The van der Waals surface area contributed by atoms with Crippen LogP contribution in [0.5, 0.6) is 0 Å². The van der Waals surface area contributed by atoms with Gasteiger partial charge in [-0.15, -0.1) is 0 Å². The van der Waals surface area contributed by atoms with Gasteiger partial charge in [-0.05, 0) is 87.1 Å². The van der Waals surface area contributed by atoms with Gasteiger partial charge in [0.15, 0.2) is 0 Å². The van der Waals surface area contributed by atoms with Gasteiger partial charge in [0.2, 0.25) is 0 Å². The van der Waals surface area contributed by atoms with E-state index in [9.17, 15) is 19.2 Å². The summed E-state index contributed by atoms with van der Waals surface area (Å²) in [6.07, 6.45) is 7.38. The van der Waals surface area contributed by atoms with Crippen molar-refractivity contribution in [3.05, 3.63) is 69.8 Å². The van der Waals surface area contributed by atoms with Crippen LogP contribution in [0.15, 0.2) is 36.4 Å². The van der Waals surface area contributed by atoms with Crippen molar-refractivity contribution < 1.29 is 58.3 Å². The summed E-state index contributed by atoms with van der Waals surface area (Å²) >= 11 is 0. The highest BCUT2D eigenvalue weighted by molar-refractivity contribution is 5.89. The molecule has 0 saturated carbocycles. The number of ether oxygens (including phenoxy) is 2. The minimum Gasteiger partial charge on any atom is -0.432 e. The molecule has 0 spiro atoms. The zero-order valence-corrected chi connectivity index (χ0v) is 25.8. The number of benzene rings is 2. The van der Waals surface area contributed by atoms with Gasteiger partial charge in [0.25, 0.3) is 0 Å². The van der Waals surface area contributed by atoms with Crippen LogP contribution in [0.4, 0.5) is 9.59 Å². The van der Waals surface area contributed by atoms with Gasteiger partial charge >= 0.3 is 24.2 Å². The van der Waals surface area contributed by atoms with Gasteiger partial charge in [0.05, 0.1) is 34.4 Å². The van der Waals surface area contributed by atoms with Crippen molar-refractivity contribution in [2.75, 3.05) is 13.2 Å². The van der Waals surface area contributed by atoms with Gasteiger partial charge < -0.3 is 9.47 Å². The van der Waals surface area contributed by atoms with Crippen molar-refractivity contribution in [3.63, 3.8) is 0 Å². The van der Waals surface area contributed by atoms with Gasteiger partial charge in [-0.25, -0.2) is 29.0 Å². The van der Waals surface area contributed by atoms with Gasteiger partial charge in [-0.2, -0.15) is 0 Å². The molecule has 0 aliphatic rings. The predicted octanol–water partition coefficient (Wildman–Crippen LogP) is 7.83. The van der Waals surface area contributed by atoms with Gasteiger partial charge in [0, 0.05) is 0 Å². The molecule has 0 N–H and O–H groups in total. The number of carbonyl (C=O) groups is 4. The molecular formula is C32H42O12. The Bertz CT molecular complexity index is 1120. The molecule has 0 aromatic heterocycles. The molecule has 12 heteroatoms. The largest absolute Gasteiger partial charge is 0.543 e. The molecule has 0 unspecified atom stereocenters. The maximum absolute atomic E-state index is 11.9. The highest BCUT2D eigenvalue weighted by Crippen LogP contribution is 2.13. The van der Waals surface area contributed by atoms with Crippen LogP contribution < -0.4 is 0 Å². The molecule has 2 aromatic carbocycles. The average molecular weight is 619 g/mol. The normalized spacial score (nSPS) is 10.5. The summed E-state index contributed by atoms with van der Waals surface area (Å²) in [5, 5.41) is 8.45. The SMILES string of the molecule is Cc1ccc(C(=O)OOOC(=O)OCCCCCCCCCCCCOC(=O)OOOC(=O)c2ccc(C)c(C)c2)cc1C. The third kappa shape index (κ3) is 14.8. The molecule has 2 rings (SSSR count). The van der Waals surface area contributed by atoms with E-state index in [-0.39, 0.29) is 24.3 Å². The van der Waals surface area contributed by atoms with Crippen molar-refractivity contribution in [1.29, 1.82) is 0 Å². The minimum absolute atomic E-state index is 0.174.